The van der Waals surface area contributed by atoms with Crippen LogP contribution in [0.25, 0.3) is 12.2 Å². The van der Waals surface area contributed by atoms with Gasteiger partial charge in [-0.2, -0.15) is 0 Å². The molecule has 0 aliphatic carbocycles. The van der Waals surface area contributed by atoms with E-state index in [4.69, 9.17) is 11.5 Å². The molecule has 0 atom stereocenters. The molecular weight excluding hydrogens is 242 g/mol. The smallest absolute Gasteiger partial charge is 1.00 e. The van der Waals surface area contributed by atoms with Gasteiger partial charge in [-0.3, -0.25) is 0 Å². The van der Waals surface area contributed by atoms with Gasteiger partial charge in [0.05, 0.1) is 11.4 Å². The summed E-state index contributed by atoms with van der Waals surface area (Å²) in [5, 5.41) is 0. The maximum absolute atomic E-state index is 5.87. The zero-order valence-electron chi connectivity index (χ0n) is 12.9. The standard InChI is InChI=1S/C14H14N2.2Na.2H/c15-13-8-4-7-12(14(13)16)10-9-11-5-2-1-3-6-11;;;;/h1-10H,15-16H2;;;;/q;2*+1;2*-1. The molecule has 84 valence electrons. The van der Waals surface area contributed by atoms with Crippen LogP contribution in [0.15, 0.2) is 48.5 Å². The van der Waals surface area contributed by atoms with Crippen LogP contribution in [-0.4, -0.2) is 0 Å². The van der Waals surface area contributed by atoms with E-state index in [0.29, 0.717) is 11.4 Å². The van der Waals surface area contributed by atoms with Crippen molar-refractivity contribution in [2.24, 2.45) is 0 Å². The van der Waals surface area contributed by atoms with Crippen molar-refractivity contribution < 1.29 is 62.0 Å². The van der Waals surface area contributed by atoms with Crippen LogP contribution in [-0.2, 0) is 0 Å². The van der Waals surface area contributed by atoms with Gasteiger partial charge in [0.25, 0.3) is 0 Å². The molecule has 0 amide bonds. The van der Waals surface area contributed by atoms with Crippen molar-refractivity contribution in [3.63, 3.8) is 0 Å². The van der Waals surface area contributed by atoms with Crippen molar-refractivity contribution in [3.05, 3.63) is 59.7 Å². The van der Waals surface area contributed by atoms with E-state index in [9.17, 15) is 0 Å². The van der Waals surface area contributed by atoms with Crippen LogP contribution in [0.4, 0.5) is 11.4 Å². The summed E-state index contributed by atoms with van der Waals surface area (Å²) in [5.41, 5.74) is 14.9. The third-order valence-corrected chi connectivity index (χ3v) is 2.43. The number of hydrogen-bond donors (Lipinski definition) is 2. The van der Waals surface area contributed by atoms with Gasteiger partial charge in [-0.1, -0.05) is 54.6 Å². The minimum absolute atomic E-state index is 0. The molecular formula is C14H16N2Na2. The van der Waals surface area contributed by atoms with Crippen molar-refractivity contribution in [3.8, 4) is 0 Å². The molecule has 0 saturated heterocycles. The van der Waals surface area contributed by atoms with Crippen LogP contribution in [0.2, 0.25) is 0 Å². The van der Waals surface area contributed by atoms with Gasteiger partial charge in [-0.25, -0.2) is 0 Å². The number of nitrogen functional groups attached to an aromatic ring is 2. The molecule has 0 spiro atoms. The Kier molecular flexibility index (Phi) is 8.70. The molecule has 4 heteroatoms. The summed E-state index contributed by atoms with van der Waals surface area (Å²) < 4.78 is 0. The molecule has 0 bridgehead atoms. The molecule has 2 aromatic carbocycles. The average Bonchev–Trinajstić information content (AvgIpc) is 2.32. The van der Waals surface area contributed by atoms with Crippen LogP contribution in [0.3, 0.4) is 0 Å². The molecule has 0 aromatic heterocycles. The van der Waals surface area contributed by atoms with Gasteiger partial charge >= 0.3 is 59.1 Å². The second kappa shape index (κ2) is 8.81. The SMILES string of the molecule is Nc1cccc(C=Cc2ccccc2)c1N.[H-].[H-].[Na+].[Na+]. The number of hydrogen-bond acceptors (Lipinski definition) is 2. The summed E-state index contributed by atoms with van der Waals surface area (Å²) in [7, 11) is 0. The summed E-state index contributed by atoms with van der Waals surface area (Å²) in [6, 6.07) is 15.7. The van der Waals surface area contributed by atoms with Crippen molar-refractivity contribution in [1.82, 2.24) is 0 Å². The molecule has 0 aliphatic rings. The third kappa shape index (κ3) is 4.81. The predicted octanol–water partition coefficient (Wildman–Crippen LogP) is -2.75. The molecule has 0 aliphatic heterocycles. The van der Waals surface area contributed by atoms with Gasteiger partial charge in [0.2, 0.25) is 0 Å². The van der Waals surface area contributed by atoms with Gasteiger partial charge in [0, 0.05) is 0 Å². The average molecular weight is 258 g/mol. The first kappa shape index (κ1) is 17.8. The van der Waals surface area contributed by atoms with Crippen molar-refractivity contribution >= 4 is 23.5 Å². The fraction of sp³-hybridized carbons (Fsp3) is 0. The molecule has 0 radical (unpaired) electrons. The minimum Gasteiger partial charge on any atom is -1.00 e. The normalized spacial score (nSPS) is 9.56. The Morgan fingerprint density at radius 2 is 1.44 bits per heavy atom. The molecule has 0 fully saturated rings. The molecule has 18 heavy (non-hydrogen) atoms. The van der Waals surface area contributed by atoms with Gasteiger partial charge in [-0.05, 0) is 17.2 Å². The van der Waals surface area contributed by atoms with E-state index in [1.54, 1.807) is 6.07 Å². The number of benzene rings is 2. The Morgan fingerprint density at radius 1 is 0.778 bits per heavy atom. The van der Waals surface area contributed by atoms with E-state index in [-0.39, 0.29) is 62.0 Å². The molecule has 2 rings (SSSR count). The fourth-order valence-electron chi connectivity index (χ4n) is 1.50. The Morgan fingerprint density at radius 3 is 2.11 bits per heavy atom. The van der Waals surface area contributed by atoms with E-state index in [2.05, 4.69) is 0 Å². The van der Waals surface area contributed by atoms with Crippen molar-refractivity contribution in [2.45, 2.75) is 0 Å². The molecule has 0 heterocycles. The monoisotopic (exact) mass is 258 g/mol. The van der Waals surface area contributed by atoms with Crippen LogP contribution < -0.4 is 70.6 Å². The number of rotatable bonds is 2. The Labute approximate surface area is 155 Å². The summed E-state index contributed by atoms with van der Waals surface area (Å²) in [6.45, 7) is 0. The number of anilines is 2. The molecule has 0 unspecified atom stereocenters. The van der Waals surface area contributed by atoms with Crippen LogP contribution in [0, 0.1) is 0 Å². The Balaban J connectivity index is -0.000000722. The topological polar surface area (TPSA) is 52.0 Å². The molecule has 0 saturated carbocycles. The van der Waals surface area contributed by atoms with E-state index >= 15 is 0 Å². The summed E-state index contributed by atoms with van der Waals surface area (Å²) in [6.07, 6.45) is 3.99. The van der Waals surface area contributed by atoms with Crippen LogP contribution >= 0.6 is 0 Å². The first-order valence-electron chi connectivity index (χ1n) is 5.14. The third-order valence-electron chi connectivity index (χ3n) is 2.43. The van der Waals surface area contributed by atoms with Gasteiger partial charge < -0.3 is 14.3 Å². The van der Waals surface area contributed by atoms with E-state index in [1.165, 1.54) is 0 Å². The predicted molar refractivity (Wildman–Crippen MR) is 72.9 cm³/mol. The summed E-state index contributed by atoms with van der Waals surface area (Å²) in [4.78, 5) is 0. The number of nitrogens with two attached hydrogens (primary N) is 2. The first-order valence-corrected chi connectivity index (χ1v) is 5.14. The van der Waals surface area contributed by atoms with Gasteiger partial charge in [0.1, 0.15) is 0 Å². The summed E-state index contributed by atoms with van der Waals surface area (Å²) in [5.74, 6) is 0. The molecule has 4 N–H and O–H groups in total. The quantitative estimate of drug-likeness (QED) is 0.349. The minimum atomic E-state index is 0. The Hall–Kier alpha value is -0.220. The van der Waals surface area contributed by atoms with Gasteiger partial charge in [-0.15, -0.1) is 0 Å². The van der Waals surface area contributed by atoms with Crippen LogP contribution in [0.5, 0.6) is 0 Å². The summed E-state index contributed by atoms with van der Waals surface area (Å²) >= 11 is 0. The zero-order valence-corrected chi connectivity index (χ0v) is 14.9. The van der Waals surface area contributed by atoms with Gasteiger partial charge in [0.15, 0.2) is 0 Å². The molecule has 2 aromatic rings. The number of para-hydroxylation sites is 1. The largest absolute Gasteiger partial charge is 1.00 e. The van der Waals surface area contributed by atoms with Crippen LogP contribution in [0.1, 0.15) is 14.0 Å². The van der Waals surface area contributed by atoms with Crippen molar-refractivity contribution in [2.75, 3.05) is 11.5 Å². The van der Waals surface area contributed by atoms with E-state index in [1.807, 2.05) is 54.6 Å². The Bertz CT molecular complexity index is 520. The second-order valence-corrected chi connectivity index (χ2v) is 3.59. The maximum atomic E-state index is 5.87. The second-order valence-electron chi connectivity index (χ2n) is 3.59. The molecule has 2 nitrogen and oxygen atoms in total. The van der Waals surface area contributed by atoms with Crippen molar-refractivity contribution in [1.29, 1.82) is 0 Å². The first-order chi connectivity index (χ1) is 7.77. The fourth-order valence-corrected chi connectivity index (χ4v) is 1.50. The maximum Gasteiger partial charge on any atom is 1.00 e. The van der Waals surface area contributed by atoms with E-state index < -0.39 is 0 Å². The van der Waals surface area contributed by atoms with E-state index in [0.717, 1.165) is 11.1 Å². The zero-order chi connectivity index (χ0) is 11.4.